The van der Waals surface area contributed by atoms with Gasteiger partial charge in [-0.15, -0.1) is 54.1 Å². The second kappa shape index (κ2) is 14.3. The zero-order chi connectivity index (χ0) is 40.2. The van der Waals surface area contributed by atoms with Crippen LogP contribution >= 0.6 is 0 Å². The number of rotatable bonds is 5. The standard InChI is InChI=1S/C23H22NO.C21H17N2.Ir/c1-14(2)11-17-12-21(24-13-16(17)4)20-10-6-9-19-18-8-5-7-15(3)22(18)25-23(19)20;1-15-9-8-10-16(2)20(15)23-19-14-7-6-13-18(19)22-21(23)17-11-4-3-5-12-17;/h5-9,12-14H,11H2,1-4H3;3-11,13-14H,1-2H3;/q2*-1;/i3D3,4D3,11D2;;. The van der Waals surface area contributed by atoms with Gasteiger partial charge in [0.25, 0.3) is 0 Å². The summed E-state index contributed by atoms with van der Waals surface area (Å²) in [5.74, 6) is 0.450. The summed E-state index contributed by atoms with van der Waals surface area (Å²) in [6, 6.07) is 38.8. The summed E-state index contributed by atoms with van der Waals surface area (Å²) in [6.07, 6.45) is -0.737. The van der Waals surface area contributed by atoms with Crippen LogP contribution in [0.2, 0.25) is 0 Å². The molecule has 3 heterocycles. The molecule has 0 unspecified atom stereocenters. The van der Waals surface area contributed by atoms with E-state index >= 15 is 0 Å². The molecule has 0 atom stereocenters. The van der Waals surface area contributed by atoms with Gasteiger partial charge in [0.2, 0.25) is 0 Å². The summed E-state index contributed by atoms with van der Waals surface area (Å²) in [7, 11) is 0. The molecule has 247 valence electrons. The number of imidazole rings is 1. The number of aryl methyl sites for hydroxylation is 4. The van der Waals surface area contributed by atoms with E-state index in [9.17, 15) is 0 Å². The van der Waals surface area contributed by atoms with E-state index in [0.29, 0.717) is 27.6 Å². The van der Waals surface area contributed by atoms with E-state index in [1.54, 1.807) is 38.1 Å². The van der Waals surface area contributed by atoms with Crippen molar-refractivity contribution < 1.29 is 35.5 Å². The van der Waals surface area contributed by atoms with Gasteiger partial charge in [-0.1, -0.05) is 85.0 Å². The molecule has 3 aromatic heterocycles. The van der Waals surface area contributed by atoms with Gasteiger partial charge in [0.15, 0.2) is 0 Å². The Morgan fingerprint density at radius 2 is 1.53 bits per heavy atom. The summed E-state index contributed by atoms with van der Waals surface area (Å²) in [5, 5.41) is 1.30. The van der Waals surface area contributed by atoms with Crippen LogP contribution in [0, 0.1) is 45.6 Å². The Morgan fingerprint density at radius 1 is 0.796 bits per heavy atom. The molecule has 1 radical (unpaired) electrons. The van der Waals surface area contributed by atoms with Crippen LogP contribution in [-0.2, 0) is 26.5 Å². The van der Waals surface area contributed by atoms with Crippen molar-refractivity contribution >= 4 is 33.0 Å². The van der Waals surface area contributed by atoms with E-state index in [1.807, 2.05) is 24.3 Å². The third-order valence-corrected chi connectivity index (χ3v) is 8.24. The van der Waals surface area contributed by atoms with E-state index < -0.39 is 26.0 Å². The normalized spacial score (nSPS) is 14.4. The maximum atomic E-state index is 8.54. The molecule has 4 nitrogen and oxygen atoms in total. The fourth-order valence-corrected chi connectivity index (χ4v) is 6.10. The molecule has 0 aliphatic carbocycles. The predicted octanol–water partition coefficient (Wildman–Crippen LogP) is 11.4. The SMILES string of the molecule is Cc1cccc(C)c1-n1c(-c2[c-]cccc2)nc2ccccc21.[2H]C([2H])([2H])c1cnc(-c2[c-]ccc3c2oc2c(C([2H])([2H])[2H])cccc23)cc1C([2H])([2H])C(C)C.[Ir]. The largest absolute Gasteiger partial charge is 0.500 e. The predicted molar refractivity (Wildman–Crippen MR) is 199 cm³/mol. The van der Waals surface area contributed by atoms with Crippen molar-refractivity contribution in [3.8, 4) is 28.3 Å². The molecule has 0 spiro atoms. The van der Waals surface area contributed by atoms with Crippen LogP contribution < -0.4 is 0 Å². The number of hydrogen-bond donors (Lipinski definition) is 0. The number of fused-ring (bicyclic) bond motifs is 4. The van der Waals surface area contributed by atoms with Gasteiger partial charge in [0.1, 0.15) is 5.58 Å². The molecule has 0 saturated carbocycles. The smallest absolute Gasteiger partial charge is 0.123 e. The number of benzene rings is 5. The minimum absolute atomic E-state index is 0. The first-order valence-corrected chi connectivity index (χ1v) is 15.9. The fraction of sp³-hybridized carbons (Fsp3) is 0.182. The molecule has 8 aromatic rings. The molecular weight excluding hydrogens is 779 g/mol. The summed E-state index contributed by atoms with van der Waals surface area (Å²) in [4.78, 5) is 9.18. The molecule has 0 aliphatic heterocycles. The van der Waals surface area contributed by atoms with Crippen LogP contribution in [0.4, 0.5) is 0 Å². The molecule has 49 heavy (non-hydrogen) atoms. The van der Waals surface area contributed by atoms with E-state index in [1.165, 1.54) is 35.1 Å². The maximum absolute atomic E-state index is 8.54. The van der Waals surface area contributed by atoms with Crippen molar-refractivity contribution in [3.05, 3.63) is 149 Å². The number of pyridine rings is 1. The molecule has 0 aliphatic rings. The Balaban J connectivity index is 0.000000201. The van der Waals surface area contributed by atoms with E-state index in [-0.39, 0.29) is 42.4 Å². The van der Waals surface area contributed by atoms with Crippen molar-refractivity contribution in [3.63, 3.8) is 0 Å². The number of aromatic nitrogens is 3. The Morgan fingerprint density at radius 3 is 2.29 bits per heavy atom. The third kappa shape index (κ3) is 6.62. The third-order valence-electron chi connectivity index (χ3n) is 8.24. The molecule has 8 rings (SSSR count). The molecule has 0 N–H and O–H groups in total. The molecule has 0 fully saturated rings. The van der Waals surface area contributed by atoms with Crippen LogP contribution in [0.3, 0.4) is 0 Å². The average Bonchev–Trinajstić information content (AvgIpc) is 3.73. The number of hydrogen-bond acceptors (Lipinski definition) is 3. The van der Waals surface area contributed by atoms with Gasteiger partial charge in [0, 0.05) is 48.3 Å². The number of nitrogens with zero attached hydrogens (tertiary/aromatic N) is 3. The van der Waals surface area contributed by atoms with Crippen LogP contribution in [0.25, 0.3) is 61.3 Å². The van der Waals surface area contributed by atoms with Gasteiger partial charge in [-0.25, -0.2) is 0 Å². The molecule has 5 aromatic carbocycles. The molecule has 0 amide bonds. The van der Waals surface area contributed by atoms with Crippen LogP contribution in [0.15, 0.2) is 114 Å². The van der Waals surface area contributed by atoms with Crippen molar-refractivity contribution in [2.75, 3.05) is 0 Å². The Kier molecular flexibility index (Phi) is 7.37. The fourth-order valence-electron chi connectivity index (χ4n) is 6.10. The number of furan rings is 1. The Hall–Kier alpha value is -4.83. The molecule has 0 bridgehead atoms. The first kappa shape index (κ1) is 25.2. The minimum Gasteiger partial charge on any atom is -0.500 e. The van der Waals surface area contributed by atoms with E-state index in [0.717, 1.165) is 22.4 Å². The second-order valence-corrected chi connectivity index (χ2v) is 12.1. The molecular formula is C44H39IrN3O-2. The monoisotopic (exact) mass is 826 g/mol. The summed E-state index contributed by atoms with van der Waals surface area (Å²) < 4.78 is 72.4. The first-order chi connectivity index (χ1) is 26.5. The zero-order valence-electron chi connectivity index (χ0n) is 35.6. The minimum atomic E-state index is -2.53. The summed E-state index contributed by atoms with van der Waals surface area (Å²) in [5.41, 5.74) is 8.08. The van der Waals surface area contributed by atoms with E-state index in [2.05, 4.69) is 78.0 Å². The van der Waals surface area contributed by atoms with Gasteiger partial charge in [-0.05, 0) is 79.9 Å². The van der Waals surface area contributed by atoms with Crippen molar-refractivity contribution in [1.29, 1.82) is 0 Å². The summed E-state index contributed by atoms with van der Waals surface area (Å²) in [6.45, 7) is 2.77. The Labute approximate surface area is 313 Å². The Bertz CT molecular complexity index is 2700. The second-order valence-electron chi connectivity index (χ2n) is 12.1. The average molecular weight is 826 g/mol. The van der Waals surface area contributed by atoms with E-state index in [4.69, 9.17) is 20.4 Å². The number of para-hydroxylation sites is 4. The summed E-state index contributed by atoms with van der Waals surface area (Å²) >= 11 is 0. The van der Waals surface area contributed by atoms with Crippen molar-refractivity contribution in [2.45, 2.75) is 47.8 Å². The van der Waals surface area contributed by atoms with Crippen LogP contribution in [-0.4, -0.2) is 14.5 Å². The first-order valence-electron chi connectivity index (χ1n) is 19.9. The quantitative estimate of drug-likeness (QED) is 0.162. The van der Waals surface area contributed by atoms with Gasteiger partial charge in [-0.2, -0.15) is 0 Å². The van der Waals surface area contributed by atoms with Gasteiger partial charge in [-0.3, -0.25) is 4.98 Å². The van der Waals surface area contributed by atoms with Gasteiger partial charge >= 0.3 is 0 Å². The molecule has 0 saturated heterocycles. The molecule has 5 heteroatoms. The maximum Gasteiger partial charge on any atom is 0.123 e. The van der Waals surface area contributed by atoms with Crippen molar-refractivity contribution in [1.82, 2.24) is 14.5 Å². The van der Waals surface area contributed by atoms with Crippen LogP contribution in [0.1, 0.15) is 52.6 Å². The zero-order valence-corrected chi connectivity index (χ0v) is 29.9. The topological polar surface area (TPSA) is 43.9 Å². The van der Waals surface area contributed by atoms with Crippen molar-refractivity contribution in [2.24, 2.45) is 5.92 Å². The van der Waals surface area contributed by atoms with Gasteiger partial charge in [0.05, 0.1) is 22.4 Å². The van der Waals surface area contributed by atoms with Gasteiger partial charge < -0.3 is 14.0 Å². The van der Waals surface area contributed by atoms with Crippen LogP contribution in [0.5, 0.6) is 0 Å².